The first-order chi connectivity index (χ1) is 8.94. The summed E-state index contributed by atoms with van der Waals surface area (Å²) in [6.07, 6.45) is 4.25. The van der Waals surface area contributed by atoms with Crippen LogP contribution in [0.2, 0.25) is 0 Å². The van der Waals surface area contributed by atoms with E-state index in [-0.39, 0.29) is 5.25 Å². The van der Waals surface area contributed by atoms with Crippen LogP contribution in [0.3, 0.4) is 0 Å². The number of hydrogen-bond donors (Lipinski definition) is 1. The number of aromatic nitrogens is 1. The number of carbonyl (C=O) groups is 1. The molecule has 102 valence electrons. The standard InChI is InChI=1S/C14H18N2O2S/c1-14(2,3)18-13(17)16-12-8-7-11(19-12)10-6-4-5-9-15-10/h4-6,8-9,11H,7H2,1-3H3,(H,16,17). The monoisotopic (exact) mass is 278 g/mol. The molecule has 0 radical (unpaired) electrons. The lowest BCUT2D eigenvalue weighted by Gasteiger charge is -2.20. The van der Waals surface area contributed by atoms with E-state index in [2.05, 4.69) is 10.3 Å². The number of carbonyl (C=O) groups excluding carboxylic acids is 1. The van der Waals surface area contributed by atoms with E-state index < -0.39 is 11.7 Å². The molecule has 1 aliphatic heterocycles. The number of hydrogen-bond acceptors (Lipinski definition) is 4. The minimum absolute atomic E-state index is 0.270. The molecule has 1 amide bonds. The molecule has 1 N–H and O–H groups in total. The lowest BCUT2D eigenvalue weighted by atomic mass is 10.2. The normalized spacial score (nSPS) is 18.9. The maximum absolute atomic E-state index is 11.7. The first-order valence-electron chi connectivity index (χ1n) is 6.22. The molecule has 0 spiro atoms. The van der Waals surface area contributed by atoms with Gasteiger partial charge < -0.3 is 4.74 Å². The third kappa shape index (κ3) is 4.28. The van der Waals surface area contributed by atoms with E-state index in [1.165, 1.54) is 0 Å². The van der Waals surface area contributed by atoms with E-state index in [9.17, 15) is 4.79 Å². The molecule has 0 aromatic carbocycles. The van der Waals surface area contributed by atoms with Gasteiger partial charge in [0.15, 0.2) is 0 Å². The molecule has 4 nitrogen and oxygen atoms in total. The van der Waals surface area contributed by atoms with Crippen LogP contribution in [0.25, 0.3) is 0 Å². The fourth-order valence-electron chi connectivity index (χ4n) is 1.70. The molecule has 2 rings (SSSR count). The Morgan fingerprint density at radius 3 is 2.89 bits per heavy atom. The average molecular weight is 278 g/mol. The lowest BCUT2D eigenvalue weighted by molar-refractivity contribution is 0.0550. The number of rotatable bonds is 2. The summed E-state index contributed by atoms with van der Waals surface area (Å²) in [5.74, 6) is 0. The highest BCUT2D eigenvalue weighted by atomic mass is 32.2. The molecule has 5 heteroatoms. The van der Waals surface area contributed by atoms with Crippen LogP contribution >= 0.6 is 11.8 Å². The molecule has 1 aromatic heterocycles. The zero-order chi connectivity index (χ0) is 13.9. The molecule has 1 aromatic rings. The van der Waals surface area contributed by atoms with E-state index in [1.54, 1.807) is 18.0 Å². The van der Waals surface area contributed by atoms with E-state index in [1.807, 2.05) is 45.0 Å². The summed E-state index contributed by atoms with van der Waals surface area (Å²) >= 11 is 1.60. The van der Waals surface area contributed by atoms with Gasteiger partial charge in [0.1, 0.15) is 5.60 Å². The maximum Gasteiger partial charge on any atom is 0.412 e. The quantitative estimate of drug-likeness (QED) is 0.897. The summed E-state index contributed by atoms with van der Waals surface area (Å²) < 4.78 is 5.22. The van der Waals surface area contributed by atoms with Crippen LogP contribution in [0, 0.1) is 0 Å². The Balaban J connectivity index is 1.87. The zero-order valence-corrected chi connectivity index (χ0v) is 12.2. The van der Waals surface area contributed by atoms with Crippen molar-refractivity contribution in [2.24, 2.45) is 0 Å². The van der Waals surface area contributed by atoms with Crippen LogP contribution in [-0.4, -0.2) is 16.7 Å². The van der Waals surface area contributed by atoms with Gasteiger partial charge in [-0.3, -0.25) is 10.3 Å². The largest absolute Gasteiger partial charge is 0.444 e. The number of amides is 1. The van der Waals surface area contributed by atoms with Crippen LogP contribution in [0.1, 0.15) is 38.1 Å². The van der Waals surface area contributed by atoms with Gasteiger partial charge in [-0.25, -0.2) is 4.79 Å². The third-order valence-corrected chi connectivity index (χ3v) is 3.67. The summed E-state index contributed by atoms with van der Waals surface area (Å²) in [7, 11) is 0. The van der Waals surface area contributed by atoms with Crippen LogP contribution < -0.4 is 5.32 Å². The number of allylic oxidation sites excluding steroid dienone is 1. The Bertz CT molecular complexity index is 480. The molecule has 0 saturated carbocycles. The van der Waals surface area contributed by atoms with Crippen molar-refractivity contribution in [2.45, 2.75) is 38.0 Å². The van der Waals surface area contributed by atoms with Gasteiger partial charge in [-0.05, 0) is 39.3 Å². The van der Waals surface area contributed by atoms with Gasteiger partial charge in [0.25, 0.3) is 0 Å². The van der Waals surface area contributed by atoms with Gasteiger partial charge in [-0.1, -0.05) is 23.9 Å². The van der Waals surface area contributed by atoms with Crippen molar-refractivity contribution < 1.29 is 9.53 Å². The highest BCUT2D eigenvalue weighted by Crippen LogP contribution is 2.41. The number of pyridine rings is 1. The molecule has 19 heavy (non-hydrogen) atoms. The van der Waals surface area contributed by atoms with Crippen molar-refractivity contribution in [1.29, 1.82) is 0 Å². The van der Waals surface area contributed by atoms with Crippen molar-refractivity contribution in [3.63, 3.8) is 0 Å². The van der Waals surface area contributed by atoms with Gasteiger partial charge in [0.05, 0.1) is 16.0 Å². The minimum atomic E-state index is -0.478. The van der Waals surface area contributed by atoms with E-state index in [0.29, 0.717) is 0 Å². The predicted octanol–water partition coefficient (Wildman–Crippen LogP) is 3.63. The molecular formula is C14H18N2O2S. The molecule has 1 atom stereocenters. The Morgan fingerprint density at radius 1 is 1.47 bits per heavy atom. The summed E-state index contributed by atoms with van der Waals surface area (Å²) in [5.41, 5.74) is 0.554. The van der Waals surface area contributed by atoms with Crippen molar-refractivity contribution in [3.05, 3.63) is 41.2 Å². The first-order valence-corrected chi connectivity index (χ1v) is 7.10. The summed E-state index contributed by atoms with van der Waals surface area (Å²) in [6, 6.07) is 5.88. The van der Waals surface area contributed by atoms with Gasteiger partial charge in [0.2, 0.25) is 0 Å². The molecule has 0 bridgehead atoms. The highest BCUT2D eigenvalue weighted by Gasteiger charge is 2.23. The van der Waals surface area contributed by atoms with Crippen molar-refractivity contribution >= 4 is 17.9 Å². The molecule has 0 saturated heterocycles. The summed E-state index contributed by atoms with van der Waals surface area (Å²) in [6.45, 7) is 5.54. The highest BCUT2D eigenvalue weighted by molar-refractivity contribution is 8.03. The second-order valence-electron chi connectivity index (χ2n) is 5.29. The molecular weight excluding hydrogens is 260 g/mol. The summed E-state index contributed by atoms with van der Waals surface area (Å²) in [5, 5.41) is 3.88. The number of alkyl carbamates (subject to hydrolysis) is 1. The Morgan fingerprint density at radius 2 is 2.26 bits per heavy atom. The van der Waals surface area contributed by atoms with E-state index >= 15 is 0 Å². The fourth-order valence-corrected chi connectivity index (χ4v) is 2.79. The van der Waals surface area contributed by atoms with Crippen molar-refractivity contribution in [2.75, 3.05) is 0 Å². The van der Waals surface area contributed by atoms with E-state index in [4.69, 9.17) is 4.74 Å². The molecule has 0 aliphatic carbocycles. The SMILES string of the molecule is CC(C)(C)OC(=O)NC1=CCC(c2ccccn2)S1. The van der Waals surface area contributed by atoms with Crippen LogP contribution in [0.15, 0.2) is 35.5 Å². The van der Waals surface area contributed by atoms with Gasteiger partial charge >= 0.3 is 6.09 Å². The summed E-state index contributed by atoms with van der Waals surface area (Å²) in [4.78, 5) is 16.0. The molecule has 2 heterocycles. The van der Waals surface area contributed by atoms with Gasteiger partial charge in [-0.2, -0.15) is 0 Å². The maximum atomic E-state index is 11.7. The van der Waals surface area contributed by atoms with E-state index in [0.717, 1.165) is 17.1 Å². The number of thioether (sulfide) groups is 1. The molecule has 1 aliphatic rings. The third-order valence-electron chi connectivity index (χ3n) is 2.43. The Labute approximate surface area is 117 Å². The fraction of sp³-hybridized carbons (Fsp3) is 0.429. The lowest BCUT2D eigenvalue weighted by Crippen LogP contribution is -2.31. The topological polar surface area (TPSA) is 51.2 Å². The smallest absolute Gasteiger partial charge is 0.412 e. The van der Waals surface area contributed by atoms with Crippen LogP contribution in [0.4, 0.5) is 4.79 Å². The first kappa shape index (κ1) is 13.9. The Hall–Kier alpha value is -1.49. The zero-order valence-electron chi connectivity index (χ0n) is 11.3. The second kappa shape index (κ2) is 5.65. The minimum Gasteiger partial charge on any atom is -0.444 e. The second-order valence-corrected chi connectivity index (χ2v) is 6.54. The van der Waals surface area contributed by atoms with Gasteiger partial charge in [-0.15, -0.1) is 0 Å². The number of ether oxygens (including phenoxy) is 1. The van der Waals surface area contributed by atoms with Crippen LogP contribution in [0.5, 0.6) is 0 Å². The molecule has 0 fully saturated rings. The van der Waals surface area contributed by atoms with Crippen molar-refractivity contribution in [1.82, 2.24) is 10.3 Å². The van der Waals surface area contributed by atoms with Gasteiger partial charge in [0, 0.05) is 6.20 Å². The number of nitrogens with one attached hydrogen (secondary N) is 1. The Kier molecular flexibility index (Phi) is 4.14. The molecule has 1 unspecified atom stereocenters. The van der Waals surface area contributed by atoms with Crippen LogP contribution in [-0.2, 0) is 4.74 Å². The number of nitrogens with zero attached hydrogens (tertiary/aromatic N) is 1. The predicted molar refractivity (Wildman–Crippen MR) is 76.6 cm³/mol. The average Bonchev–Trinajstić information content (AvgIpc) is 2.76. The van der Waals surface area contributed by atoms with Crippen molar-refractivity contribution in [3.8, 4) is 0 Å².